The lowest BCUT2D eigenvalue weighted by molar-refractivity contribution is 0.112. The van der Waals surface area contributed by atoms with Crippen molar-refractivity contribution in [1.29, 1.82) is 0 Å². The van der Waals surface area contributed by atoms with Crippen LogP contribution < -0.4 is 5.32 Å². The molecule has 1 aliphatic carbocycles. The Morgan fingerprint density at radius 1 is 1.11 bits per heavy atom. The Labute approximate surface area is 121 Å². The maximum Gasteiger partial charge on any atom is -0.00210 e. The molecule has 0 heterocycles. The molecule has 19 heavy (non-hydrogen) atoms. The molecule has 0 aromatic rings. The molecule has 1 N–H and O–H groups in total. The van der Waals surface area contributed by atoms with Crippen molar-refractivity contribution in [3.05, 3.63) is 0 Å². The van der Waals surface area contributed by atoms with Gasteiger partial charge in [-0.2, -0.15) is 0 Å². The maximum absolute atomic E-state index is 3.41. The van der Waals surface area contributed by atoms with Crippen LogP contribution in [0.2, 0.25) is 0 Å². The molecule has 0 saturated heterocycles. The highest BCUT2D eigenvalue weighted by Crippen LogP contribution is 2.44. The molecule has 0 radical (unpaired) electrons. The second-order valence-electron chi connectivity index (χ2n) is 7.23. The number of nitrogens with one attached hydrogen (secondary N) is 1. The summed E-state index contributed by atoms with van der Waals surface area (Å²) in [6, 6.07) is 0. The minimum Gasteiger partial charge on any atom is -0.319 e. The topological polar surface area (TPSA) is 12.0 Å². The first kappa shape index (κ1) is 17.0. The van der Waals surface area contributed by atoms with E-state index in [0.717, 1.165) is 35.5 Å². The largest absolute Gasteiger partial charge is 0.319 e. The van der Waals surface area contributed by atoms with Crippen molar-refractivity contribution in [3.8, 4) is 0 Å². The minimum atomic E-state index is 0.847. The van der Waals surface area contributed by atoms with Crippen molar-refractivity contribution in [3.63, 3.8) is 0 Å². The lowest BCUT2D eigenvalue weighted by Crippen LogP contribution is -2.35. The summed E-state index contributed by atoms with van der Waals surface area (Å²) in [5.74, 6) is 5.49. The fraction of sp³-hybridized carbons (Fsp3) is 1.00. The van der Waals surface area contributed by atoms with Gasteiger partial charge in [0.2, 0.25) is 0 Å². The Morgan fingerprint density at radius 3 is 2.21 bits per heavy atom. The first-order valence-electron chi connectivity index (χ1n) is 8.69. The van der Waals surface area contributed by atoms with E-state index < -0.39 is 0 Å². The van der Waals surface area contributed by atoms with Crippen LogP contribution in [0.4, 0.5) is 0 Å². The van der Waals surface area contributed by atoms with E-state index in [1.54, 1.807) is 0 Å². The molecule has 1 saturated carbocycles. The molecule has 0 spiro atoms. The second kappa shape index (κ2) is 8.29. The van der Waals surface area contributed by atoms with E-state index in [-0.39, 0.29) is 0 Å². The lowest BCUT2D eigenvalue weighted by atomic mass is 9.68. The zero-order valence-electron chi connectivity index (χ0n) is 14.2. The van der Waals surface area contributed by atoms with Gasteiger partial charge >= 0.3 is 0 Å². The highest BCUT2D eigenvalue weighted by Gasteiger charge is 2.36. The Kier molecular flexibility index (Phi) is 7.42. The number of hydrogen-bond acceptors (Lipinski definition) is 1. The van der Waals surface area contributed by atoms with Crippen molar-refractivity contribution >= 4 is 0 Å². The Bertz CT molecular complexity index is 238. The molecule has 6 unspecified atom stereocenters. The third-order valence-corrected chi connectivity index (χ3v) is 5.92. The summed E-state index contributed by atoms with van der Waals surface area (Å²) < 4.78 is 0. The summed E-state index contributed by atoms with van der Waals surface area (Å²) in [6.45, 7) is 13.4. The SMILES string of the molecule is CCC(C)C(C1CCC(C)C1)C(C)C(CC)CNC. The zero-order valence-corrected chi connectivity index (χ0v) is 14.2. The molecule has 6 atom stereocenters. The Hall–Kier alpha value is -0.0400. The minimum absolute atomic E-state index is 0.847. The van der Waals surface area contributed by atoms with Crippen LogP contribution in [0.25, 0.3) is 0 Å². The molecule has 0 amide bonds. The van der Waals surface area contributed by atoms with Crippen molar-refractivity contribution in [2.75, 3.05) is 13.6 Å². The van der Waals surface area contributed by atoms with E-state index in [2.05, 4.69) is 47.0 Å². The predicted octanol–water partition coefficient (Wildman–Crippen LogP) is 4.97. The number of hydrogen-bond donors (Lipinski definition) is 1. The van der Waals surface area contributed by atoms with Gasteiger partial charge in [-0.1, -0.05) is 53.9 Å². The predicted molar refractivity (Wildman–Crippen MR) is 86.3 cm³/mol. The van der Waals surface area contributed by atoms with Crippen LogP contribution in [0.3, 0.4) is 0 Å². The summed E-state index contributed by atoms with van der Waals surface area (Å²) in [5.41, 5.74) is 0. The molecule has 0 bridgehead atoms. The summed E-state index contributed by atoms with van der Waals surface area (Å²) in [7, 11) is 2.10. The van der Waals surface area contributed by atoms with E-state index in [4.69, 9.17) is 0 Å². The lowest BCUT2D eigenvalue weighted by Gasteiger charge is -2.38. The number of rotatable bonds is 8. The molecule has 0 aromatic carbocycles. The van der Waals surface area contributed by atoms with Crippen LogP contribution in [0.1, 0.15) is 66.7 Å². The summed E-state index contributed by atoms with van der Waals surface area (Å²) in [5, 5.41) is 3.41. The van der Waals surface area contributed by atoms with Gasteiger partial charge in [0.1, 0.15) is 0 Å². The van der Waals surface area contributed by atoms with E-state index in [1.165, 1.54) is 38.6 Å². The average Bonchev–Trinajstić information content (AvgIpc) is 2.82. The third kappa shape index (κ3) is 4.48. The van der Waals surface area contributed by atoms with E-state index in [9.17, 15) is 0 Å². The second-order valence-corrected chi connectivity index (χ2v) is 7.23. The molecule has 1 aliphatic rings. The summed E-state index contributed by atoms with van der Waals surface area (Å²) in [4.78, 5) is 0. The zero-order chi connectivity index (χ0) is 14.4. The molecule has 0 aliphatic heterocycles. The standard InChI is InChI=1S/C18H37N/c1-7-14(4)18(17-10-9-13(3)11-17)15(5)16(8-2)12-19-6/h13-19H,7-12H2,1-6H3. The summed E-state index contributed by atoms with van der Waals surface area (Å²) in [6.07, 6.45) is 7.09. The van der Waals surface area contributed by atoms with E-state index >= 15 is 0 Å². The van der Waals surface area contributed by atoms with Gasteiger partial charge in [-0.15, -0.1) is 0 Å². The van der Waals surface area contributed by atoms with Gasteiger partial charge in [0.15, 0.2) is 0 Å². The average molecular weight is 268 g/mol. The first-order valence-corrected chi connectivity index (χ1v) is 8.69. The van der Waals surface area contributed by atoms with Gasteiger partial charge in [-0.05, 0) is 61.9 Å². The molecule has 0 aromatic heterocycles. The van der Waals surface area contributed by atoms with E-state index in [1.807, 2.05) is 0 Å². The molecule has 114 valence electrons. The van der Waals surface area contributed by atoms with Gasteiger partial charge < -0.3 is 5.32 Å². The normalized spacial score (nSPS) is 30.0. The van der Waals surface area contributed by atoms with Gasteiger partial charge in [0.25, 0.3) is 0 Å². The van der Waals surface area contributed by atoms with Crippen LogP contribution >= 0.6 is 0 Å². The van der Waals surface area contributed by atoms with Crippen molar-refractivity contribution in [1.82, 2.24) is 5.32 Å². The van der Waals surface area contributed by atoms with Crippen LogP contribution in [0.15, 0.2) is 0 Å². The highest BCUT2D eigenvalue weighted by atomic mass is 14.8. The third-order valence-electron chi connectivity index (χ3n) is 5.92. The van der Waals surface area contributed by atoms with Crippen molar-refractivity contribution in [2.45, 2.75) is 66.7 Å². The van der Waals surface area contributed by atoms with Gasteiger partial charge in [-0.3, -0.25) is 0 Å². The van der Waals surface area contributed by atoms with Crippen LogP contribution in [0.5, 0.6) is 0 Å². The fourth-order valence-corrected chi connectivity index (χ4v) is 4.56. The van der Waals surface area contributed by atoms with E-state index in [0.29, 0.717) is 0 Å². The van der Waals surface area contributed by atoms with Gasteiger partial charge in [0.05, 0.1) is 0 Å². The van der Waals surface area contributed by atoms with Crippen LogP contribution in [-0.4, -0.2) is 13.6 Å². The Balaban J connectivity index is 2.77. The van der Waals surface area contributed by atoms with Crippen LogP contribution in [0, 0.1) is 35.5 Å². The highest BCUT2D eigenvalue weighted by molar-refractivity contribution is 4.87. The molecule has 1 heteroatoms. The van der Waals surface area contributed by atoms with Gasteiger partial charge in [-0.25, -0.2) is 0 Å². The van der Waals surface area contributed by atoms with Crippen molar-refractivity contribution < 1.29 is 0 Å². The van der Waals surface area contributed by atoms with Crippen LogP contribution in [-0.2, 0) is 0 Å². The summed E-state index contributed by atoms with van der Waals surface area (Å²) >= 11 is 0. The fourth-order valence-electron chi connectivity index (χ4n) is 4.56. The Morgan fingerprint density at radius 2 is 1.79 bits per heavy atom. The van der Waals surface area contributed by atoms with Gasteiger partial charge in [0, 0.05) is 0 Å². The molecule has 1 fully saturated rings. The quantitative estimate of drug-likeness (QED) is 0.655. The molecular weight excluding hydrogens is 230 g/mol. The maximum atomic E-state index is 3.41. The molecule has 1 rings (SSSR count). The molecule has 1 nitrogen and oxygen atoms in total. The first-order chi connectivity index (χ1) is 9.04. The van der Waals surface area contributed by atoms with Crippen molar-refractivity contribution in [2.24, 2.45) is 35.5 Å². The smallest absolute Gasteiger partial charge is 0.00210 e. The molecular formula is C18H37N. The monoisotopic (exact) mass is 267 g/mol.